The van der Waals surface area contributed by atoms with Gasteiger partial charge in [-0.25, -0.2) is 14.6 Å². The van der Waals surface area contributed by atoms with Crippen molar-refractivity contribution in [2.24, 2.45) is 5.92 Å². The molecule has 1 aliphatic rings. The Kier molecular flexibility index (Phi) is 8.07. The molecule has 0 saturated carbocycles. The molecule has 42 heavy (non-hydrogen) atoms. The van der Waals surface area contributed by atoms with E-state index in [2.05, 4.69) is 20.3 Å². The number of piperidine rings is 1. The van der Waals surface area contributed by atoms with Crippen LogP contribution in [-0.2, 0) is 0 Å². The van der Waals surface area contributed by atoms with Crippen LogP contribution in [0.1, 0.15) is 23.2 Å². The molecular weight excluding hydrogens is 528 g/mol. The van der Waals surface area contributed by atoms with Crippen molar-refractivity contribution < 1.29 is 14.3 Å². The highest BCUT2D eigenvalue weighted by atomic mass is 16.5. The Morgan fingerprint density at radius 2 is 1.74 bits per heavy atom. The molecule has 212 valence electrons. The number of hydrogen-bond acceptors (Lipinski definition) is 7. The van der Waals surface area contributed by atoms with Gasteiger partial charge < -0.3 is 19.7 Å². The third kappa shape index (κ3) is 6.41. The van der Waals surface area contributed by atoms with Crippen LogP contribution in [0.15, 0.2) is 104 Å². The molecule has 3 aromatic carbocycles. The first-order valence-corrected chi connectivity index (χ1v) is 14.0. The van der Waals surface area contributed by atoms with E-state index in [4.69, 9.17) is 14.5 Å². The maximum atomic E-state index is 13.1. The Labute approximate surface area is 244 Å². The van der Waals surface area contributed by atoms with Gasteiger partial charge in [-0.1, -0.05) is 30.3 Å². The van der Waals surface area contributed by atoms with Crippen molar-refractivity contribution in [3.63, 3.8) is 0 Å². The average Bonchev–Trinajstić information content (AvgIpc) is 3.60. The van der Waals surface area contributed by atoms with Crippen LogP contribution < -0.4 is 19.7 Å². The molecule has 1 fully saturated rings. The third-order valence-electron chi connectivity index (χ3n) is 7.36. The first kappa shape index (κ1) is 27.0. The molecule has 1 saturated heterocycles. The summed E-state index contributed by atoms with van der Waals surface area (Å²) in [5.41, 5.74) is 2.41. The molecule has 1 N–H and O–H groups in total. The second-order valence-corrected chi connectivity index (χ2v) is 10.2. The monoisotopic (exact) mass is 560 g/mol. The molecule has 1 amide bonds. The number of para-hydroxylation sites is 1. The number of aromatic nitrogens is 4. The zero-order chi connectivity index (χ0) is 28.7. The van der Waals surface area contributed by atoms with Crippen molar-refractivity contribution >= 4 is 11.7 Å². The SMILES string of the molecule is COc1cc(Oc2ccccc2)cc(C(=O)NCC2CCN(c3ccnc(-c4cccc(-n5cccn5)c4)n3)CC2)c1. The standard InChI is InChI=1S/C33H32N6O3/c1-41-29-20-26(21-30(22-29)42-28-9-3-2-4-10-28)33(40)35-23-24-12-17-38(18-13-24)31-11-15-34-32(37-31)25-7-5-8-27(19-25)39-16-6-14-36-39/h2-11,14-16,19-22,24H,12-13,17-18,23H2,1H3,(H,35,40). The number of benzene rings is 3. The number of carbonyl (C=O) groups is 1. The molecule has 9 heteroatoms. The molecule has 1 aliphatic heterocycles. The van der Waals surface area contributed by atoms with E-state index in [0.717, 1.165) is 43.0 Å². The summed E-state index contributed by atoms with van der Waals surface area (Å²) in [7, 11) is 1.58. The smallest absolute Gasteiger partial charge is 0.251 e. The Hall–Kier alpha value is -5.18. The van der Waals surface area contributed by atoms with E-state index < -0.39 is 0 Å². The largest absolute Gasteiger partial charge is 0.497 e. The zero-order valence-corrected chi connectivity index (χ0v) is 23.4. The lowest BCUT2D eigenvalue weighted by Gasteiger charge is -2.33. The van der Waals surface area contributed by atoms with Crippen molar-refractivity contribution in [2.45, 2.75) is 12.8 Å². The minimum absolute atomic E-state index is 0.146. The molecule has 5 aromatic rings. The van der Waals surface area contributed by atoms with E-state index in [9.17, 15) is 4.79 Å². The lowest BCUT2D eigenvalue weighted by atomic mass is 9.96. The molecule has 0 atom stereocenters. The number of ether oxygens (including phenoxy) is 2. The molecule has 0 radical (unpaired) electrons. The number of anilines is 1. The number of amides is 1. The number of nitrogens with zero attached hydrogens (tertiary/aromatic N) is 5. The normalized spacial score (nSPS) is 13.5. The van der Waals surface area contributed by atoms with Crippen LogP contribution in [0.5, 0.6) is 17.2 Å². The molecule has 0 bridgehead atoms. The van der Waals surface area contributed by atoms with E-state index in [1.165, 1.54) is 0 Å². The van der Waals surface area contributed by atoms with Crippen LogP contribution >= 0.6 is 0 Å². The van der Waals surface area contributed by atoms with Crippen molar-refractivity contribution in [3.05, 3.63) is 109 Å². The highest BCUT2D eigenvalue weighted by molar-refractivity contribution is 5.95. The molecule has 0 unspecified atom stereocenters. The summed E-state index contributed by atoms with van der Waals surface area (Å²) in [4.78, 5) is 24.8. The quantitative estimate of drug-likeness (QED) is 0.244. The number of hydrogen-bond donors (Lipinski definition) is 1. The molecular formula is C33H32N6O3. The number of carbonyl (C=O) groups excluding carboxylic acids is 1. The van der Waals surface area contributed by atoms with Crippen molar-refractivity contribution in [1.82, 2.24) is 25.1 Å². The van der Waals surface area contributed by atoms with Gasteiger partial charge in [0.2, 0.25) is 0 Å². The zero-order valence-electron chi connectivity index (χ0n) is 23.4. The highest BCUT2D eigenvalue weighted by Crippen LogP contribution is 2.28. The minimum Gasteiger partial charge on any atom is -0.497 e. The summed E-state index contributed by atoms with van der Waals surface area (Å²) in [5.74, 6) is 3.65. The Balaban J connectivity index is 1.05. The van der Waals surface area contributed by atoms with Gasteiger partial charge >= 0.3 is 0 Å². The van der Waals surface area contributed by atoms with Gasteiger partial charge in [-0.2, -0.15) is 5.10 Å². The van der Waals surface area contributed by atoms with Crippen LogP contribution in [0.3, 0.4) is 0 Å². The second-order valence-electron chi connectivity index (χ2n) is 10.2. The predicted octanol–water partition coefficient (Wildman–Crippen LogP) is 5.78. The summed E-state index contributed by atoms with van der Waals surface area (Å²) in [6.45, 7) is 2.32. The van der Waals surface area contributed by atoms with Crippen LogP contribution in [-0.4, -0.2) is 52.4 Å². The van der Waals surface area contributed by atoms with Gasteiger partial charge in [-0.3, -0.25) is 4.79 Å². The number of nitrogens with one attached hydrogen (secondary N) is 1. The second kappa shape index (κ2) is 12.6. The van der Waals surface area contributed by atoms with Crippen LogP contribution in [0, 0.1) is 5.92 Å². The molecule has 9 nitrogen and oxygen atoms in total. The van der Waals surface area contributed by atoms with E-state index in [1.807, 2.05) is 83.8 Å². The Morgan fingerprint density at radius 3 is 2.52 bits per heavy atom. The fourth-order valence-corrected chi connectivity index (χ4v) is 5.08. The van der Waals surface area contributed by atoms with Gasteiger partial charge in [0.15, 0.2) is 5.82 Å². The highest BCUT2D eigenvalue weighted by Gasteiger charge is 2.22. The van der Waals surface area contributed by atoms with E-state index in [1.54, 1.807) is 31.5 Å². The lowest BCUT2D eigenvalue weighted by Crippen LogP contribution is -2.39. The summed E-state index contributed by atoms with van der Waals surface area (Å²) in [5, 5.41) is 7.43. The maximum absolute atomic E-state index is 13.1. The summed E-state index contributed by atoms with van der Waals surface area (Å²) >= 11 is 0. The average molecular weight is 561 g/mol. The number of rotatable bonds is 9. The van der Waals surface area contributed by atoms with Crippen molar-refractivity contribution in [3.8, 4) is 34.3 Å². The summed E-state index contributed by atoms with van der Waals surface area (Å²) in [6.07, 6.45) is 7.39. The van der Waals surface area contributed by atoms with Gasteiger partial charge in [0.1, 0.15) is 23.1 Å². The molecule has 6 rings (SSSR count). The maximum Gasteiger partial charge on any atom is 0.251 e. The molecule has 0 spiro atoms. The fourth-order valence-electron chi connectivity index (χ4n) is 5.08. The van der Waals surface area contributed by atoms with Gasteiger partial charge in [0, 0.05) is 55.4 Å². The summed E-state index contributed by atoms with van der Waals surface area (Å²) < 4.78 is 13.2. The van der Waals surface area contributed by atoms with Gasteiger partial charge in [0.25, 0.3) is 5.91 Å². The van der Waals surface area contributed by atoms with E-state index in [-0.39, 0.29) is 5.91 Å². The van der Waals surface area contributed by atoms with Gasteiger partial charge in [-0.05, 0) is 67.3 Å². The first-order chi connectivity index (χ1) is 20.6. The topological polar surface area (TPSA) is 94.4 Å². The van der Waals surface area contributed by atoms with Gasteiger partial charge in [0.05, 0.1) is 12.8 Å². The van der Waals surface area contributed by atoms with E-state index >= 15 is 0 Å². The fraction of sp³-hybridized carbons (Fsp3) is 0.212. The van der Waals surface area contributed by atoms with Crippen molar-refractivity contribution in [2.75, 3.05) is 31.6 Å². The Morgan fingerprint density at radius 1 is 0.905 bits per heavy atom. The first-order valence-electron chi connectivity index (χ1n) is 14.0. The molecule has 0 aliphatic carbocycles. The van der Waals surface area contributed by atoms with E-state index in [0.29, 0.717) is 41.1 Å². The van der Waals surface area contributed by atoms with Crippen LogP contribution in [0.4, 0.5) is 5.82 Å². The number of methoxy groups -OCH3 is 1. The van der Waals surface area contributed by atoms with Crippen molar-refractivity contribution in [1.29, 1.82) is 0 Å². The molecule has 2 aromatic heterocycles. The lowest BCUT2D eigenvalue weighted by molar-refractivity contribution is 0.0944. The van der Waals surface area contributed by atoms with Crippen LogP contribution in [0.2, 0.25) is 0 Å². The summed E-state index contributed by atoms with van der Waals surface area (Å²) in [6, 6.07) is 26.6. The third-order valence-corrected chi connectivity index (χ3v) is 7.36. The van der Waals surface area contributed by atoms with Gasteiger partial charge in [-0.15, -0.1) is 0 Å². The van der Waals surface area contributed by atoms with Crippen LogP contribution in [0.25, 0.3) is 17.1 Å². The molecule has 3 heterocycles. The Bertz CT molecular complexity index is 1630. The predicted molar refractivity (Wildman–Crippen MR) is 161 cm³/mol. The minimum atomic E-state index is -0.146.